The molecular weight excluding hydrogens is 436 g/mol. The Labute approximate surface area is 198 Å². The van der Waals surface area contributed by atoms with E-state index < -0.39 is 5.60 Å². The van der Waals surface area contributed by atoms with Crippen LogP contribution in [0.25, 0.3) is 21.9 Å². The lowest BCUT2D eigenvalue weighted by molar-refractivity contribution is 0.0577. The van der Waals surface area contributed by atoms with Crippen LogP contribution >= 0.6 is 11.6 Å². The van der Waals surface area contributed by atoms with Crippen LogP contribution in [-0.4, -0.2) is 42.0 Å². The van der Waals surface area contributed by atoms with Crippen molar-refractivity contribution in [1.82, 2.24) is 24.7 Å². The van der Waals surface area contributed by atoms with Gasteiger partial charge in [-0.15, -0.1) is 0 Å². The number of rotatable bonds is 8. The largest absolute Gasteiger partial charge is 0.389 e. The monoisotopic (exact) mass is 462 g/mol. The lowest BCUT2D eigenvalue weighted by Gasteiger charge is -2.16. The second-order valence-electron chi connectivity index (χ2n) is 8.83. The Hall–Kier alpha value is -3.29. The molecule has 7 nitrogen and oxygen atoms in total. The molecule has 3 aromatic heterocycles. The number of hydrogen-bond acceptors (Lipinski definition) is 6. The standard InChI is InChI=1S/C25H27ClN6O/c1-17(6-18-9-27-16-28-10-18)23(26)13-30-24-8-21-7-19(4-5-20(21)11-29-24)22-12-31-32(14-22)15-25(2,3)33/h4-5,7-12,14,16,33H,6,13,15H2,1-3H3,(H,29,30)/b23-17-. The van der Waals surface area contributed by atoms with Crippen molar-refractivity contribution >= 4 is 28.2 Å². The molecule has 0 spiro atoms. The molecule has 2 N–H and O–H groups in total. The topological polar surface area (TPSA) is 88.8 Å². The van der Waals surface area contributed by atoms with Gasteiger partial charge in [-0.05, 0) is 55.8 Å². The maximum absolute atomic E-state index is 10.0. The van der Waals surface area contributed by atoms with E-state index in [0.717, 1.165) is 43.9 Å². The van der Waals surface area contributed by atoms with Crippen LogP contribution in [0.15, 0.2) is 72.2 Å². The summed E-state index contributed by atoms with van der Waals surface area (Å²) in [7, 11) is 0. The molecule has 0 saturated heterocycles. The van der Waals surface area contributed by atoms with Crippen LogP contribution < -0.4 is 5.32 Å². The lowest BCUT2D eigenvalue weighted by Crippen LogP contribution is -2.26. The van der Waals surface area contributed by atoms with Crippen molar-refractivity contribution in [2.45, 2.75) is 39.3 Å². The predicted octanol–water partition coefficient (Wildman–Crippen LogP) is 4.83. The van der Waals surface area contributed by atoms with Gasteiger partial charge in [0, 0.05) is 40.8 Å². The van der Waals surface area contributed by atoms with E-state index in [0.29, 0.717) is 19.5 Å². The van der Waals surface area contributed by atoms with Crippen LogP contribution in [0.4, 0.5) is 5.82 Å². The molecule has 1 aromatic carbocycles. The summed E-state index contributed by atoms with van der Waals surface area (Å²) in [6.07, 6.45) is 11.4. The van der Waals surface area contributed by atoms with E-state index in [1.807, 2.05) is 37.6 Å². The van der Waals surface area contributed by atoms with Crippen LogP contribution in [-0.2, 0) is 13.0 Å². The van der Waals surface area contributed by atoms with Gasteiger partial charge in [0.2, 0.25) is 0 Å². The predicted molar refractivity (Wildman–Crippen MR) is 132 cm³/mol. The van der Waals surface area contributed by atoms with Crippen molar-refractivity contribution in [3.63, 3.8) is 0 Å². The number of nitrogens with zero attached hydrogens (tertiary/aromatic N) is 5. The molecule has 0 bridgehead atoms. The van der Waals surface area contributed by atoms with Gasteiger partial charge in [-0.25, -0.2) is 15.0 Å². The number of benzene rings is 1. The molecule has 3 heterocycles. The summed E-state index contributed by atoms with van der Waals surface area (Å²) in [6.45, 7) is 6.47. The Morgan fingerprint density at radius 3 is 2.61 bits per heavy atom. The number of aromatic nitrogens is 5. The molecule has 0 radical (unpaired) electrons. The van der Waals surface area contributed by atoms with Crippen molar-refractivity contribution < 1.29 is 5.11 Å². The first-order valence-electron chi connectivity index (χ1n) is 10.7. The SMILES string of the molecule is C/C(Cc1cncnc1)=C(/Cl)CNc1cc2cc(-c3cnn(CC(C)(C)O)c3)ccc2cn1. The van der Waals surface area contributed by atoms with Gasteiger partial charge in [0.05, 0.1) is 24.9 Å². The zero-order chi connectivity index (χ0) is 23.4. The normalized spacial score (nSPS) is 12.6. The van der Waals surface area contributed by atoms with Crippen LogP contribution in [0, 0.1) is 0 Å². The highest BCUT2D eigenvalue weighted by Crippen LogP contribution is 2.26. The van der Waals surface area contributed by atoms with Crippen LogP contribution in [0.5, 0.6) is 0 Å². The third kappa shape index (κ3) is 6.15. The zero-order valence-corrected chi connectivity index (χ0v) is 19.7. The molecule has 0 aliphatic rings. The fourth-order valence-corrected chi connectivity index (χ4v) is 3.69. The van der Waals surface area contributed by atoms with Crippen LogP contribution in [0.1, 0.15) is 26.3 Å². The second-order valence-corrected chi connectivity index (χ2v) is 9.29. The maximum Gasteiger partial charge on any atom is 0.126 e. The molecule has 0 unspecified atom stereocenters. The summed E-state index contributed by atoms with van der Waals surface area (Å²) in [5.74, 6) is 0.756. The molecule has 0 atom stereocenters. The van der Waals surface area contributed by atoms with E-state index in [9.17, 15) is 5.11 Å². The second kappa shape index (κ2) is 9.68. The Bertz CT molecular complexity index is 1280. The minimum absolute atomic E-state index is 0.434. The van der Waals surface area contributed by atoms with E-state index in [2.05, 4.69) is 37.5 Å². The van der Waals surface area contributed by atoms with E-state index in [-0.39, 0.29) is 0 Å². The first-order valence-corrected chi connectivity index (χ1v) is 11.1. The first kappa shape index (κ1) is 22.9. The molecule has 4 rings (SSSR count). The van der Waals surface area contributed by atoms with Crippen molar-refractivity contribution in [3.05, 3.63) is 77.7 Å². The van der Waals surface area contributed by atoms with Crippen molar-refractivity contribution in [2.24, 2.45) is 0 Å². The lowest BCUT2D eigenvalue weighted by atomic mass is 10.0. The van der Waals surface area contributed by atoms with Gasteiger partial charge >= 0.3 is 0 Å². The zero-order valence-electron chi connectivity index (χ0n) is 19.0. The number of nitrogens with one attached hydrogen (secondary N) is 1. The van der Waals surface area contributed by atoms with Gasteiger partial charge in [-0.3, -0.25) is 4.68 Å². The molecular formula is C25H27ClN6O. The van der Waals surface area contributed by atoms with Gasteiger partial charge in [-0.2, -0.15) is 5.10 Å². The number of anilines is 1. The summed E-state index contributed by atoms with van der Waals surface area (Å²) >= 11 is 6.52. The highest BCUT2D eigenvalue weighted by molar-refractivity contribution is 6.30. The van der Waals surface area contributed by atoms with Crippen LogP contribution in [0.2, 0.25) is 0 Å². The van der Waals surface area contributed by atoms with Gasteiger partial charge in [0.15, 0.2) is 0 Å². The summed E-state index contributed by atoms with van der Waals surface area (Å²) in [5, 5.41) is 20.6. The number of allylic oxidation sites excluding steroid dienone is 1. The number of aliphatic hydroxyl groups is 1. The number of pyridine rings is 1. The van der Waals surface area contributed by atoms with Gasteiger partial charge < -0.3 is 10.4 Å². The number of fused-ring (bicyclic) bond motifs is 1. The molecule has 0 aliphatic heterocycles. The molecule has 0 fully saturated rings. The minimum Gasteiger partial charge on any atom is -0.389 e. The Balaban J connectivity index is 1.48. The molecule has 4 aromatic rings. The molecule has 8 heteroatoms. The highest BCUT2D eigenvalue weighted by atomic mass is 35.5. The highest BCUT2D eigenvalue weighted by Gasteiger charge is 2.14. The first-order chi connectivity index (χ1) is 15.8. The smallest absolute Gasteiger partial charge is 0.126 e. The van der Waals surface area contributed by atoms with Crippen molar-refractivity contribution in [2.75, 3.05) is 11.9 Å². The minimum atomic E-state index is -0.818. The average Bonchev–Trinajstić information content (AvgIpc) is 3.24. The van der Waals surface area contributed by atoms with Gasteiger partial charge in [-0.1, -0.05) is 29.3 Å². The third-order valence-corrected chi connectivity index (χ3v) is 5.66. The van der Waals surface area contributed by atoms with E-state index in [1.54, 1.807) is 30.9 Å². The molecule has 170 valence electrons. The Morgan fingerprint density at radius 2 is 1.85 bits per heavy atom. The molecule has 0 aliphatic carbocycles. The summed E-state index contributed by atoms with van der Waals surface area (Å²) in [4.78, 5) is 12.6. The van der Waals surface area contributed by atoms with Crippen LogP contribution in [0.3, 0.4) is 0 Å². The van der Waals surface area contributed by atoms with Gasteiger partial charge in [0.1, 0.15) is 12.1 Å². The molecule has 33 heavy (non-hydrogen) atoms. The fraction of sp³-hybridized carbons (Fsp3) is 0.280. The molecule has 0 amide bonds. The Morgan fingerprint density at radius 1 is 1.06 bits per heavy atom. The van der Waals surface area contributed by atoms with Crippen molar-refractivity contribution in [1.29, 1.82) is 0 Å². The van der Waals surface area contributed by atoms with E-state index >= 15 is 0 Å². The fourth-order valence-electron chi connectivity index (χ4n) is 3.56. The van der Waals surface area contributed by atoms with E-state index in [4.69, 9.17) is 11.6 Å². The summed E-state index contributed by atoms with van der Waals surface area (Å²) in [5.41, 5.74) is 3.32. The van der Waals surface area contributed by atoms with E-state index in [1.165, 1.54) is 6.33 Å². The maximum atomic E-state index is 10.0. The third-order valence-electron chi connectivity index (χ3n) is 5.21. The molecule has 0 saturated carbocycles. The quantitative estimate of drug-likeness (QED) is 0.390. The summed E-state index contributed by atoms with van der Waals surface area (Å²) in [6, 6.07) is 8.24. The number of hydrogen-bond donors (Lipinski definition) is 2. The van der Waals surface area contributed by atoms with Gasteiger partial charge in [0.25, 0.3) is 0 Å². The average molecular weight is 463 g/mol. The summed E-state index contributed by atoms with van der Waals surface area (Å²) < 4.78 is 1.76. The van der Waals surface area contributed by atoms with Crippen molar-refractivity contribution in [3.8, 4) is 11.1 Å². The number of halogens is 1. The Kier molecular flexibility index (Phi) is 6.72.